The Morgan fingerprint density at radius 1 is 1.75 bits per heavy atom. The number of aryl methyl sites for hydroxylation is 1. The lowest BCUT2D eigenvalue weighted by Crippen LogP contribution is -2.40. The summed E-state index contributed by atoms with van der Waals surface area (Å²) in [5.41, 5.74) is 7.57. The molecule has 0 bridgehead atoms. The molecule has 1 aromatic heterocycles. The van der Waals surface area contributed by atoms with Crippen LogP contribution in [0.15, 0.2) is 6.20 Å². The first-order valence-corrected chi connectivity index (χ1v) is 5.52. The highest BCUT2D eigenvalue weighted by Crippen LogP contribution is 2.39. The predicted octanol–water partition coefficient (Wildman–Crippen LogP) is 0.428. The van der Waals surface area contributed by atoms with Gasteiger partial charge in [-0.3, -0.25) is 9.48 Å². The van der Waals surface area contributed by atoms with Crippen molar-refractivity contribution in [1.29, 1.82) is 0 Å². The third kappa shape index (κ3) is 1.61. The highest BCUT2D eigenvalue weighted by molar-refractivity contribution is 5.69. The molecule has 1 unspecified atom stereocenters. The molecule has 2 rings (SSSR count). The van der Waals surface area contributed by atoms with Gasteiger partial charge in [-0.15, -0.1) is 0 Å². The van der Waals surface area contributed by atoms with E-state index in [-0.39, 0.29) is 6.42 Å². The Bertz CT molecular complexity index is 413. The molecule has 0 saturated carbocycles. The lowest BCUT2D eigenvalue weighted by Gasteiger charge is -2.35. The van der Waals surface area contributed by atoms with Gasteiger partial charge in [-0.25, -0.2) is 0 Å². The van der Waals surface area contributed by atoms with Gasteiger partial charge in [0.1, 0.15) is 0 Å². The molecule has 1 atom stereocenters. The number of nitrogens with zero attached hydrogens (tertiary/aromatic N) is 2. The molecule has 0 aliphatic heterocycles. The maximum Gasteiger partial charge on any atom is 0.304 e. The van der Waals surface area contributed by atoms with E-state index in [1.807, 2.05) is 11.7 Å². The van der Waals surface area contributed by atoms with Gasteiger partial charge in [0.25, 0.3) is 0 Å². The zero-order valence-electron chi connectivity index (χ0n) is 9.44. The Balaban J connectivity index is 2.44. The minimum absolute atomic E-state index is 0.0994. The van der Waals surface area contributed by atoms with E-state index in [2.05, 4.69) is 5.10 Å². The topological polar surface area (TPSA) is 81.1 Å². The maximum absolute atomic E-state index is 11.0. The molecule has 5 nitrogen and oxygen atoms in total. The van der Waals surface area contributed by atoms with Crippen LogP contribution >= 0.6 is 0 Å². The normalized spacial score (nSPS) is 24.1. The Labute approximate surface area is 94.2 Å². The van der Waals surface area contributed by atoms with Crippen LogP contribution in [0.4, 0.5) is 0 Å². The van der Waals surface area contributed by atoms with E-state index >= 15 is 0 Å². The second-order valence-electron chi connectivity index (χ2n) is 4.54. The number of aromatic nitrogens is 2. The van der Waals surface area contributed by atoms with E-state index in [4.69, 9.17) is 10.8 Å². The van der Waals surface area contributed by atoms with Crippen LogP contribution in [-0.2, 0) is 23.7 Å². The molecule has 1 aliphatic carbocycles. The number of hydrogen-bond acceptors (Lipinski definition) is 3. The molecule has 0 aromatic carbocycles. The van der Waals surface area contributed by atoms with Crippen LogP contribution in [0.1, 0.15) is 30.5 Å². The van der Waals surface area contributed by atoms with Crippen molar-refractivity contribution >= 4 is 5.97 Å². The van der Waals surface area contributed by atoms with Gasteiger partial charge < -0.3 is 10.8 Å². The molecular weight excluding hydrogens is 206 g/mol. The van der Waals surface area contributed by atoms with Crippen LogP contribution < -0.4 is 5.73 Å². The summed E-state index contributed by atoms with van der Waals surface area (Å²) < 4.78 is 1.83. The quantitative estimate of drug-likeness (QED) is 0.778. The summed E-state index contributed by atoms with van der Waals surface area (Å²) in [5, 5.41) is 13.2. The summed E-state index contributed by atoms with van der Waals surface area (Å²) in [6.07, 6.45) is 4.67. The molecule has 0 amide bonds. The summed E-state index contributed by atoms with van der Waals surface area (Å²) in [6, 6.07) is 0. The summed E-state index contributed by atoms with van der Waals surface area (Å²) in [7, 11) is 1.90. The zero-order chi connectivity index (χ0) is 11.8. The summed E-state index contributed by atoms with van der Waals surface area (Å²) >= 11 is 0. The molecule has 88 valence electrons. The van der Waals surface area contributed by atoms with E-state index in [0.717, 1.165) is 30.5 Å². The average molecular weight is 223 g/mol. The number of aliphatic carboxylic acids is 1. The fraction of sp³-hybridized carbons (Fsp3) is 0.636. The van der Waals surface area contributed by atoms with Crippen LogP contribution in [0, 0.1) is 0 Å². The SMILES string of the molecule is Cn1ncc2c1CCCC2(CN)CC(=O)O. The van der Waals surface area contributed by atoms with Crippen molar-refractivity contribution in [3.63, 3.8) is 0 Å². The Morgan fingerprint density at radius 2 is 2.50 bits per heavy atom. The number of carboxylic acids is 1. The van der Waals surface area contributed by atoms with Crippen LogP contribution in [0.2, 0.25) is 0 Å². The smallest absolute Gasteiger partial charge is 0.304 e. The molecule has 0 radical (unpaired) electrons. The lowest BCUT2D eigenvalue weighted by molar-refractivity contribution is -0.138. The predicted molar refractivity (Wildman–Crippen MR) is 59.1 cm³/mol. The molecule has 1 aromatic rings. The van der Waals surface area contributed by atoms with Crippen molar-refractivity contribution < 1.29 is 9.90 Å². The van der Waals surface area contributed by atoms with Gasteiger partial charge in [-0.05, 0) is 19.3 Å². The number of fused-ring (bicyclic) bond motifs is 1. The van der Waals surface area contributed by atoms with Crippen molar-refractivity contribution in [3.8, 4) is 0 Å². The van der Waals surface area contributed by atoms with E-state index in [1.54, 1.807) is 6.20 Å². The third-order valence-electron chi connectivity index (χ3n) is 3.58. The number of rotatable bonds is 3. The van der Waals surface area contributed by atoms with Crippen molar-refractivity contribution in [1.82, 2.24) is 9.78 Å². The highest BCUT2D eigenvalue weighted by atomic mass is 16.4. The zero-order valence-corrected chi connectivity index (χ0v) is 9.44. The minimum atomic E-state index is -0.790. The summed E-state index contributed by atoms with van der Waals surface area (Å²) in [5.74, 6) is -0.790. The number of hydrogen-bond donors (Lipinski definition) is 2. The first-order chi connectivity index (χ1) is 7.59. The Kier molecular flexibility index (Phi) is 2.71. The Hall–Kier alpha value is -1.36. The van der Waals surface area contributed by atoms with Gasteiger partial charge in [0.2, 0.25) is 0 Å². The third-order valence-corrected chi connectivity index (χ3v) is 3.58. The standard InChI is InChI=1S/C11H17N3O2/c1-14-9-3-2-4-11(7-12,5-10(15)16)8(9)6-13-14/h6H,2-5,7,12H2,1H3,(H,15,16). The van der Waals surface area contributed by atoms with Gasteiger partial charge in [0.15, 0.2) is 0 Å². The van der Waals surface area contributed by atoms with Crippen LogP contribution in [-0.4, -0.2) is 27.4 Å². The Morgan fingerprint density at radius 3 is 3.12 bits per heavy atom. The molecular formula is C11H17N3O2. The molecule has 0 spiro atoms. The van der Waals surface area contributed by atoms with Gasteiger partial charge in [0.05, 0.1) is 12.6 Å². The summed E-state index contributed by atoms with van der Waals surface area (Å²) in [6.45, 7) is 0.373. The van der Waals surface area contributed by atoms with E-state index in [9.17, 15) is 4.79 Å². The molecule has 1 aliphatic rings. The van der Waals surface area contributed by atoms with E-state index < -0.39 is 11.4 Å². The highest BCUT2D eigenvalue weighted by Gasteiger charge is 2.39. The van der Waals surface area contributed by atoms with Crippen LogP contribution in [0.5, 0.6) is 0 Å². The van der Waals surface area contributed by atoms with Gasteiger partial charge >= 0.3 is 5.97 Å². The maximum atomic E-state index is 11.0. The molecule has 0 fully saturated rings. The average Bonchev–Trinajstić information content (AvgIpc) is 2.61. The van der Waals surface area contributed by atoms with Gasteiger partial charge in [-0.2, -0.15) is 5.10 Å². The number of carboxylic acid groups (broad SMARTS) is 1. The fourth-order valence-corrected chi connectivity index (χ4v) is 2.69. The molecule has 3 N–H and O–H groups in total. The fourth-order valence-electron chi connectivity index (χ4n) is 2.69. The largest absolute Gasteiger partial charge is 0.481 e. The molecule has 1 heterocycles. The van der Waals surface area contributed by atoms with Crippen LogP contribution in [0.25, 0.3) is 0 Å². The van der Waals surface area contributed by atoms with Crippen molar-refractivity contribution in [3.05, 3.63) is 17.5 Å². The van der Waals surface area contributed by atoms with E-state index in [1.165, 1.54) is 0 Å². The second-order valence-corrected chi connectivity index (χ2v) is 4.54. The summed E-state index contributed by atoms with van der Waals surface area (Å²) in [4.78, 5) is 11.0. The van der Waals surface area contributed by atoms with E-state index in [0.29, 0.717) is 6.54 Å². The monoisotopic (exact) mass is 223 g/mol. The molecule has 5 heteroatoms. The number of nitrogens with two attached hydrogens (primary N) is 1. The van der Waals surface area contributed by atoms with Crippen molar-refractivity contribution in [2.45, 2.75) is 31.1 Å². The first-order valence-electron chi connectivity index (χ1n) is 5.52. The van der Waals surface area contributed by atoms with Crippen LogP contribution in [0.3, 0.4) is 0 Å². The molecule has 0 saturated heterocycles. The number of carbonyl (C=O) groups is 1. The second kappa shape index (κ2) is 3.90. The van der Waals surface area contributed by atoms with Gasteiger partial charge in [-0.1, -0.05) is 0 Å². The van der Waals surface area contributed by atoms with Crippen molar-refractivity contribution in [2.24, 2.45) is 12.8 Å². The minimum Gasteiger partial charge on any atom is -0.481 e. The van der Waals surface area contributed by atoms with Crippen molar-refractivity contribution in [2.75, 3.05) is 6.54 Å². The molecule has 16 heavy (non-hydrogen) atoms. The van der Waals surface area contributed by atoms with Gasteiger partial charge in [0, 0.05) is 30.3 Å². The lowest BCUT2D eigenvalue weighted by atomic mass is 9.70. The first kappa shape index (κ1) is 11.1.